The molecule has 0 spiro atoms. The minimum absolute atomic E-state index is 0.0974. The maximum atomic E-state index is 13.0. The molecule has 0 aromatic heterocycles. The van der Waals surface area contributed by atoms with Gasteiger partial charge in [0.1, 0.15) is 0 Å². The molecule has 1 aromatic carbocycles. The molecule has 2 fully saturated rings. The number of hydrogen-bond donors (Lipinski definition) is 1. The first-order chi connectivity index (χ1) is 11.3. The predicted molar refractivity (Wildman–Crippen MR) is 105 cm³/mol. The third-order valence-corrected chi connectivity index (χ3v) is 9.61. The number of ketones is 1. The fraction of sp³-hybridized carbons (Fsp3) is 0.600. The van der Waals surface area contributed by atoms with Crippen LogP contribution in [0.1, 0.15) is 52.1 Å². The van der Waals surface area contributed by atoms with E-state index in [1.54, 1.807) is 0 Å². The van der Waals surface area contributed by atoms with Crippen LogP contribution in [0.4, 0.5) is 0 Å². The topological polar surface area (TPSA) is 29.1 Å². The van der Waals surface area contributed by atoms with Crippen molar-refractivity contribution in [1.29, 1.82) is 0 Å². The van der Waals surface area contributed by atoms with Crippen LogP contribution in [0.2, 0.25) is 10.1 Å². The Hall–Kier alpha value is -0.701. The average Bonchev–Trinajstić information content (AvgIpc) is 2.85. The van der Waals surface area contributed by atoms with Crippen LogP contribution < -0.4 is 5.32 Å². The zero-order chi connectivity index (χ0) is 17.5. The minimum atomic E-state index is -0.0974. The van der Waals surface area contributed by atoms with E-state index in [4.69, 9.17) is 12.2 Å². The molecule has 2 aliphatic rings. The molecule has 2 saturated carbocycles. The molecule has 1 N–H and O–H groups in total. The molecule has 0 radical (unpaired) electrons. The molecule has 0 aliphatic heterocycles. The quantitative estimate of drug-likeness (QED) is 0.570. The van der Waals surface area contributed by atoms with E-state index in [1.807, 2.05) is 13.0 Å². The third-order valence-electron chi connectivity index (χ3n) is 6.49. The molecular weight excluding hydrogens is 381 g/mol. The van der Waals surface area contributed by atoms with E-state index in [0.29, 0.717) is 26.7 Å². The zero-order valence-electron chi connectivity index (χ0n) is 15.0. The second kappa shape index (κ2) is 6.55. The number of carbonyl (C=O) groups is 1. The third kappa shape index (κ3) is 2.87. The number of Topliss-reactive ketones (excluding diaryl/α,β-unsaturated/α-hetero) is 1. The fourth-order valence-corrected chi connectivity index (χ4v) is 8.46. The number of carbonyl (C=O) groups excluding carboxylic acids is 1. The summed E-state index contributed by atoms with van der Waals surface area (Å²) < 4.78 is 0. The summed E-state index contributed by atoms with van der Waals surface area (Å²) in [6, 6.07) is 10.7. The first-order valence-corrected chi connectivity index (χ1v) is 11.4. The Morgan fingerprint density at radius 3 is 2.54 bits per heavy atom. The maximum absolute atomic E-state index is 13.0. The van der Waals surface area contributed by atoms with E-state index in [9.17, 15) is 4.79 Å². The van der Waals surface area contributed by atoms with Crippen molar-refractivity contribution in [2.75, 3.05) is 0 Å². The summed E-state index contributed by atoms with van der Waals surface area (Å²) in [7, 11) is 0. The monoisotopic (exact) mass is 409 g/mol. The summed E-state index contributed by atoms with van der Waals surface area (Å²) in [5.41, 5.74) is 1.33. The van der Waals surface area contributed by atoms with E-state index in [0.717, 1.165) is 16.7 Å². The Morgan fingerprint density at radius 2 is 2.00 bits per heavy atom. The van der Waals surface area contributed by atoms with Crippen molar-refractivity contribution in [3.8, 4) is 0 Å². The molecule has 2 bridgehead atoms. The van der Waals surface area contributed by atoms with Crippen molar-refractivity contribution >= 4 is 37.9 Å². The van der Waals surface area contributed by atoms with Gasteiger partial charge in [0, 0.05) is 0 Å². The van der Waals surface area contributed by atoms with Crippen molar-refractivity contribution < 1.29 is 4.79 Å². The molecule has 0 unspecified atom stereocenters. The molecule has 4 atom stereocenters. The molecule has 0 heterocycles. The van der Waals surface area contributed by atoms with Gasteiger partial charge in [-0.2, -0.15) is 0 Å². The van der Waals surface area contributed by atoms with Gasteiger partial charge in [-0.15, -0.1) is 0 Å². The van der Waals surface area contributed by atoms with E-state index in [-0.39, 0.29) is 21.7 Å². The second-order valence-corrected chi connectivity index (χ2v) is 11.1. The van der Waals surface area contributed by atoms with Crippen molar-refractivity contribution in [1.82, 2.24) is 5.32 Å². The number of rotatable bonds is 5. The van der Waals surface area contributed by atoms with E-state index >= 15 is 0 Å². The number of thiocarbonyl (C=S) groups is 1. The molecule has 4 heteroatoms. The van der Waals surface area contributed by atoms with Gasteiger partial charge >= 0.3 is 157 Å². The Morgan fingerprint density at radius 1 is 1.33 bits per heavy atom. The van der Waals surface area contributed by atoms with E-state index in [1.165, 1.54) is 12.0 Å². The van der Waals surface area contributed by atoms with Gasteiger partial charge in [0.15, 0.2) is 0 Å². The summed E-state index contributed by atoms with van der Waals surface area (Å²) in [6.45, 7) is 8.77. The number of nitrogens with one attached hydrogen (secondary N) is 1. The van der Waals surface area contributed by atoms with Crippen molar-refractivity contribution in [3.05, 3.63) is 35.9 Å². The van der Waals surface area contributed by atoms with Gasteiger partial charge in [0.05, 0.1) is 0 Å². The summed E-state index contributed by atoms with van der Waals surface area (Å²) in [5, 5.41) is 4.46. The van der Waals surface area contributed by atoms with Crippen molar-refractivity contribution in [3.63, 3.8) is 0 Å². The first kappa shape index (κ1) is 18.1. The number of benzene rings is 1. The first-order valence-electron chi connectivity index (χ1n) is 8.75. The van der Waals surface area contributed by atoms with Gasteiger partial charge in [0.25, 0.3) is 0 Å². The Kier molecular flexibility index (Phi) is 4.94. The molecule has 2 nitrogen and oxygen atoms in total. The van der Waals surface area contributed by atoms with Gasteiger partial charge in [-0.25, -0.2) is 0 Å². The summed E-state index contributed by atoms with van der Waals surface area (Å²) >= 11 is 5.58. The van der Waals surface area contributed by atoms with Crippen molar-refractivity contribution in [2.45, 2.75) is 56.7 Å². The SMILES string of the molecule is CC(=S)N[C@@H](C[Se][C@@H]1C(=O)[C@]2(C)CC[C@H]1C2(C)C)c1ccccc1. The molecule has 130 valence electrons. The van der Waals surface area contributed by atoms with Crippen LogP contribution in [0.25, 0.3) is 0 Å². The summed E-state index contributed by atoms with van der Waals surface area (Å²) in [5.74, 6) is 1.11. The Balaban J connectivity index is 1.74. The molecule has 1 aromatic rings. The van der Waals surface area contributed by atoms with Gasteiger partial charge in [0.2, 0.25) is 0 Å². The average molecular weight is 408 g/mol. The summed E-state index contributed by atoms with van der Waals surface area (Å²) in [4.78, 5) is 14.2. The molecule has 2 aliphatic carbocycles. The van der Waals surface area contributed by atoms with Crippen molar-refractivity contribution in [2.24, 2.45) is 16.7 Å². The summed E-state index contributed by atoms with van der Waals surface area (Å²) in [6.07, 6.45) is 2.30. The van der Waals surface area contributed by atoms with Crippen LogP contribution in [0.5, 0.6) is 0 Å². The molecular formula is C20H27NOSSe. The van der Waals surface area contributed by atoms with Gasteiger partial charge in [-0.3, -0.25) is 0 Å². The van der Waals surface area contributed by atoms with Crippen LogP contribution in [0, 0.1) is 16.7 Å². The zero-order valence-corrected chi connectivity index (χ0v) is 17.5. The second-order valence-electron chi connectivity index (χ2n) is 7.98. The molecule has 3 rings (SSSR count). The van der Waals surface area contributed by atoms with E-state index in [2.05, 4.69) is 50.4 Å². The fourth-order valence-electron chi connectivity index (χ4n) is 4.55. The van der Waals surface area contributed by atoms with Crippen LogP contribution in [-0.4, -0.2) is 25.7 Å². The van der Waals surface area contributed by atoms with Crippen LogP contribution in [-0.2, 0) is 4.79 Å². The standard InChI is InChI=1S/C20H27NOSSe/c1-13(23)21-16(14-8-6-5-7-9-14)12-24-17-15-10-11-20(4,18(17)22)19(15,2)3/h5-9,15-17H,10-12H2,1-4H3,(H,21,23)/t15-,16+,17+,20+/m1/s1. The van der Waals surface area contributed by atoms with Gasteiger partial charge in [-0.1, -0.05) is 0 Å². The Bertz CT molecular complexity index is 644. The predicted octanol–water partition coefficient (Wildman–Crippen LogP) is 4.60. The van der Waals surface area contributed by atoms with Gasteiger partial charge < -0.3 is 0 Å². The molecule has 24 heavy (non-hydrogen) atoms. The normalized spacial score (nSPS) is 31.9. The number of fused-ring (bicyclic) bond motifs is 2. The van der Waals surface area contributed by atoms with Crippen LogP contribution in [0.3, 0.4) is 0 Å². The Labute approximate surface area is 157 Å². The van der Waals surface area contributed by atoms with E-state index < -0.39 is 0 Å². The van der Waals surface area contributed by atoms with Gasteiger partial charge in [-0.05, 0) is 0 Å². The number of hydrogen-bond acceptors (Lipinski definition) is 2. The molecule has 0 saturated heterocycles. The molecule has 0 amide bonds. The van der Waals surface area contributed by atoms with Crippen LogP contribution >= 0.6 is 12.2 Å². The van der Waals surface area contributed by atoms with Crippen LogP contribution in [0.15, 0.2) is 30.3 Å².